The fourth-order valence-corrected chi connectivity index (χ4v) is 3.28. The highest BCUT2D eigenvalue weighted by Crippen LogP contribution is 2.26. The van der Waals surface area contributed by atoms with Gasteiger partial charge in [0, 0.05) is 30.3 Å². The van der Waals surface area contributed by atoms with Crippen molar-refractivity contribution in [2.45, 2.75) is 32.2 Å². The molecule has 0 amide bonds. The molecule has 1 aliphatic heterocycles. The average molecular weight is 310 g/mol. The number of nitrogens with two attached hydrogens (primary N) is 1. The van der Waals surface area contributed by atoms with Crippen LogP contribution >= 0.6 is 11.6 Å². The lowest BCUT2D eigenvalue weighted by molar-refractivity contribution is 0.222. The van der Waals surface area contributed by atoms with Crippen molar-refractivity contribution in [3.05, 3.63) is 28.8 Å². The average Bonchev–Trinajstić information content (AvgIpc) is 2.43. The second-order valence-electron chi connectivity index (χ2n) is 6.58. The predicted octanol–water partition coefficient (Wildman–Crippen LogP) is 3.01. The van der Waals surface area contributed by atoms with Crippen molar-refractivity contribution in [2.75, 3.05) is 38.6 Å². The molecule has 118 valence electrons. The van der Waals surface area contributed by atoms with E-state index in [1.54, 1.807) is 0 Å². The number of rotatable bonds is 5. The highest BCUT2D eigenvalue weighted by atomic mass is 35.5. The summed E-state index contributed by atoms with van der Waals surface area (Å²) in [6.07, 6.45) is 3.41. The first kappa shape index (κ1) is 16.6. The van der Waals surface area contributed by atoms with E-state index in [9.17, 15) is 0 Å². The van der Waals surface area contributed by atoms with Crippen LogP contribution in [0.5, 0.6) is 0 Å². The van der Waals surface area contributed by atoms with Gasteiger partial charge in [0.2, 0.25) is 0 Å². The summed E-state index contributed by atoms with van der Waals surface area (Å²) in [5.74, 6) is 0.786. The van der Waals surface area contributed by atoms with Gasteiger partial charge in [-0.05, 0) is 69.9 Å². The highest BCUT2D eigenvalue weighted by Gasteiger charge is 2.18. The number of hydrogen-bond donors (Lipinski definition) is 1. The largest absolute Gasteiger partial charge is 0.374 e. The van der Waals surface area contributed by atoms with Crippen LogP contribution in [0.2, 0.25) is 5.02 Å². The van der Waals surface area contributed by atoms with Crippen LogP contribution in [-0.2, 0) is 6.42 Å². The molecule has 0 saturated carbocycles. The minimum atomic E-state index is 0.144. The van der Waals surface area contributed by atoms with Crippen LogP contribution in [0.1, 0.15) is 25.3 Å². The fourth-order valence-electron chi connectivity index (χ4n) is 3.02. The SMILES string of the molecule is CC(N)Cc1ccc(N(C)CC2CCN(C)CC2)cc1Cl. The third kappa shape index (κ3) is 4.87. The fraction of sp³-hybridized carbons (Fsp3) is 0.647. The second-order valence-corrected chi connectivity index (χ2v) is 6.99. The molecule has 2 N–H and O–H groups in total. The monoisotopic (exact) mass is 309 g/mol. The molecule has 1 heterocycles. The molecule has 21 heavy (non-hydrogen) atoms. The molecule has 1 fully saturated rings. The van der Waals surface area contributed by atoms with Crippen molar-refractivity contribution >= 4 is 17.3 Å². The molecule has 2 rings (SSSR count). The van der Waals surface area contributed by atoms with Gasteiger partial charge in [0.1, 0.15) is 0 Å². The summed E-state index contributed by atoms with van der Waals surface area (Å²) in [7, 11) is 4.37. The van der Waals surface area contributed by atoms with Gasteiger partial charge < -0.3 is 15.5 Å². The van der Waals surface area contributed by atoms with E-state index in [4.69, 9.17) is 17.3 Å². The molecule has 1 unspecified atom stereocenters. The quantitative estimate of drug-likeness (QED) is 0.907. The summed E-state index contributed by atoms with van der Waals surface area (Å²) >= 11 is 6.39. The summed E-state index contributed by atoms with van der Waals surface area (Å²) < 4.78 is 0. The molecule has 3 nitrogen and oxygen atoms in total. The Morgan fingerprint density at radius 3 is 2.62 bits per heavy atom. The molecule has 1 aromatic rings. The molecule has 0 bridgehead atoms. The Morgan fingerprint density at radius 1 is 1.38 bits per heavy atom. The lowest BCUT2D eigenvalue weighted by Gasteiger charge is -2.32. The minimum absolute atomic E-state index is 0.144. The Bertz CT molecular complexity index is 453. The van der Waals surface area contributed by atoms with Gasteiger partial charge in [0.05, 0.1) is 0 Å². The van der Waals surface area contributed by atoms with Crippen molar-refractivity contribution in [2.24, 2.45) is 11.7 Å². The lowest BCUT2D eigenvalue weighted by Crippen LogP contribution is -2.35. The van der Waals surface area contributed by atoms with Crippen LogP contribution in [-0.4, -0.2) is 44.7 Å². The normalized spacial score (nSPS) is 18.7. The maximum absolute atomic E-state index is 6.39. The molecular weight excluding hydrogens is 282 g/mol. The van der Waals surface area contributed by atoms with Crippen LogP contribution < -0.4 is 10.6 Å². The third-order valence-electron chi connectivity index (χ3n) is 4.39. The van der Waals surface area contributed by atoms with Gasteiger partial charge in [-0.15, -0.1) is 0 Å². The molecule has 0 aliphatic carbocycles. The molecule has 4 heteroatoms. The van der Waals surface area contributed by atoms with Gasteiger partial charge in [-0.1, -0.05) is 17.7 Å². The number of hydrogen-bond acceptors (Lipinski definition) is 3. The molecule has 1 saturated heterocycles. The van der Waals surface area contributed by atoms with E-state index in [-0.39, 0.29) is 6.04 Å². The zero-order valence-electron chi connectivity index (χ0n) is 13.5. The van der Waals surface area contributed by atoms with Crippen LogP contribution in [0.3, 0.4) is 0 Å². The molecule has 0 aromatic heterocycles. The highest BCUT2D eigenvalue weighted by molar-refractivity contribution is 6.31. The van der Waals surface area contributed by atoms with E-state index in [0.717, 1.165) is 29.5 Å². The number of nitrogens with zero attached hydrogens (tertiary/aromatic N) is 2. The Kier molecular flexibility index (Phi) is 5.91. The first-order valence-corrected chi connectivity index (χ1v) is 8.27. The number of piperidine rings is 1. The smallest absolute Gasteiger partial charge is 0.0459 e. The van der Waals surface area contributed by atoms with Crippen LogP contribution in [0.25, 0.3) is 0 Å². The zero-order valence-corrected chi connectivity index (χ0v) is 14.2. The lowest BCUT2D eigenvalue weighted by atomic mass is 9.96. The molecular formula is C17H28ClN3. The molecule has 1 aromatic carbocycles. The van der Waals surface area contributed by atoms with E-state index in [0.29, 0.717) is 0 Å². The maximum atomic E-state index is 6.39. The third-order valence-corrected chi connectivity index (χ3v) is 4.74. The summed E-state index contributed by atoms with van der Waals surface area (Å²) in [6.45, 7) is 5.55. The van der Waals surface area contributed by atoms with Gasteiger partial charge >= 0.3 is 0 Å². The number of halogens is 1. The predicted molar refractivity (Wildman–Crippen MR) is 92.3 cm³/mol. The zero-order chi connectivity index (χ0) is 15.4. The molecule has 0 radical (unpaired) electrons. The van der Waals surface area contributed by atoms with Gasteiger partial charge in [-0.25, -0.2) is 0 Å². The van der Waals surface area contributed by atoms with Crippen molar-refractivity contribution in [1.82, 2.24) is 4.90 Å². The van der Waals surface area contributed by atoms with Crippen molar-refractivity contribution < 1.29 is 0 Å². The van der Waals surface area contributed by atoms with E-state index < -0.39 is 0 Å². The Balaban J connectivity index is 1.96. The summed E-state index contributed by atoms with van der Waals surface area (Å²) in [6, 6.07) is 6.50. The van der Waals surface area contributed by atoms with Gasteiger partial charge in [-0.2, -0.15) is 0 Å². The van der Waals surface area contributed by atoms with Crippen LogP contribution in [0.15, 0.2) is 18.2 Å². The number of benzene rings is 1. The molecule has 1 aliphatic rings. The van der Waals surface area contributed by atoms with E-state index >= 15 is 0 Å². The van der Waals surface area contributed by atoms with Crippen molar-refractivity contribution in [3.8, 4) is 0 Å². The van der Waals surface area contributed by atoms with Gasteiger partial charge in [-0.3, -0.25) is 0 Å². The Morgan fingerprint density at radius 2 is 2.05 bits per heavy atom. The van der Waals surface area contributed by atoms with E-state index in [1.165, 1.54) is 31.6 Å². The van der Waals surface area contributed by atoms with Gasteiger partial charge in [0.25, 0.3) is 0 Å². The summed E-state index contributed by atoms with van der Waals surface area (Å²) in [5.41, 5.74) is 8.20. The summed E-state index contributed by atoms with van der Waals surface area (Å²) in [4.78, 5) is 4.74. The van der Waals surface area contributed by atoms with Crippen molar-refractivity contribution in [1.29, 1.82) is 0 Å². The Hall–Kier alpha value is -0.770. The van der Waals surface area contributed by atoms with Gasteiger partial charge in [0.15, 0.2) is 0 Å². The number of likely N-dealkylation sites (tertiary alicyclic amines) is 1. The first-order chi connectivity index (χ1) is 9.95. The van der Waals surface area contributed by atoms with Crippen LogP contribution in [0.4, 0.5) is 5.69 Å². The van der Waals surface area contributed by atoms with Crippen molar-refractivity contribution in [3.63, 3.8) is 0 Å². The Labute approximate surface area is 134 Å². The topological polar surface area (TPSA) is 32.5 Å². The standard InChI is InChI=1S/C17H28ClN3/c1-13(19)10-15-4-5-16(11-17(15)18)21(3)12-14-6-8-20(2)9-7-14/h4-5,11,13-14H,6-10,12,19H2,1-3H3. The summed E-state index contributed by atoms with van der Waals surface area (Å²) in [5, 5.41) is 0.833. The van der Waals surface area contributed by atoms with Crippen LogP contribution in [0, 0.1) is 5.92 Å². The number of anilines is 1. The first-order valence-electron chi connectivity index (χ1n) is 7.89. The maximum Gasteiger partial charge on any atom is 0.0459 e. The van der Waals surface area contributed by atoms with E-state index in [2.05, 4.69) is 42.1 Å². The minimum Gasteiger partial charge on any atom is -0.374 e. The second kappa shape index (κ2) is 7.48. The molecule has 0 spiro atoms. The van der Waals surface area contributed by atoms with E-state index in [1.807, 2.05) is 6.92 Å². The molecule has 1 atom stereocenters.